The van der Waals surface area contributed by atoms with E-state index in [9.17, 15) is 0 Å². The Morgan fingerprint density at radius 2 is 2.28 bits per heavy atom. The van der Waals surface area contributed by atoms with Crippen molar-refractivity contribution in [3.63, 3.8) is 0 Å². The van der Waals surface area contributed by atoms with Gasteiger partial charge in [-0.15, -0.1) is 11.3 Å². The van der Waals surface area contributed by atoms with Crippen LogP contribution in [0.1, 0.15) is 30.6 Å². The first-order valence-corrected chi connectivity index (χ1v) is 6.70. The zero-order valence-corrected chi connectivity index (χ0v) is 11.5. The molecule has 0 saturated heterocycles. The number of aryl methyl sites for hydroxylation is 1. The lowest BCUT2D eigenvalue weighted by atomic mass is 10.3. The number of nitrogens with one attached hydrogen (secondary N) is 1. The van der Waals surface area contributed by atoms with E-state index >= 15 is 0 Å². The minimum atomic E-state index is 0.119. The fourth-order valence-corrected chi connectivity index (χ4v) is 2.30. The molecule has 2 heterocycles. The Balaban J connectivity index is 2.06. The second-order valence-electron chi connectivity index (χ2n) is 3.87. The van der Waals surface area contributed by atoms with E-state index < -0.39 is 0 Å². The molecule has 0 bridgehead atoms. The molecule has 0 aliphatic rings. The summed E-state index contributed by atoms with van der Waals surface area (Å²) < 4.78 is 5.33. The normalized spacial score (nSPS) is 12.2. The molecular formula is C12H16N4OS. The number of hydrogen-bond acceptors (Lipinski definition) is 6. The summed E-state index contributed by atoms with van der Waals surface area (Å²) in [5, 5.41) is 6.37. The molecule has 0 aliphatic carbocycles. The van der Waals surface area contributed by atoms with Crippen LogP contribution in [0.25, 0.3) is 0 Å². The first-order chi connectivity index (χ1) is 8.69. The average Bonchev–Trinajstić information content (AvgIpc) is 2.77. The van der Waals surface area contributed by atoms with Gasteiger partial charge in [-0.25, -0.2) is 15.0 Å². The van der Waals surface area contributed by atoms with Crippen molar-refractivity contribution in [2.24, 2.45) is 0 Å². The van der Waals surface area contributed by atoms with Crippen molar-refractivity contribution in [1.82, 2.24) is 15.0 Å². The van der Waals surface area contributed by atoms with Crippen molar-refractivity contribution in [1.29, 1.82) is 0 Å². The highest BCUT2D eigenvalue weighted by molar-refractivity contribution is 7.09. The molecule has 0 spiro atoms. The first kappa shape index (κ1) is 12.8. The Kier molecular flexibility index (Phi) is 4.09. The molecule has 2 rings (SSSR count). The van der Waals surface area contributed by atoms with Crippen molar-refractivity contribution in [3.8, 4) is 5.88 Å². The van der Waals surface area contributed by atoms with Crippen LogP contribution >= 0.6 is 11.3 Å². The van der Waals surface area contributed by atoms with Gasteiger partial charge in [0.25, 0.3) is 0 Å². The molecule has 0 radical (unpaired) electrons. The Bertz CT molecular complexity index is 514. The molecule has 0 aromatic carbocycles. The van der Waals surface area contributed by atoms with Gasteiger partial charge in [0.2, 0.25) is 5.88 Å². The highest BCUT2D eigenvalue weighted by atomic mass is 32.1. The number of aromatic nitrogens is 3. The maximum atomic E-state index is 5.33. The van der Waals surface area contributed by atoms with E-state index in [-0.39, 0.29) is 6.04 Å². The largest absolute Gasteiger partial charge is 0.478 e. The zero-order valence-electron chi connectivity index (χ0n) is 10.7. The number of ether oxygens (including phenoxy) is 1. The third-order valence-electron chi connectivity index (χ3n) is 2.31. The third kappa shape index (κ3) is 3.16. The Morgan fingerprint density at radius 3 is 2.94 bits per heavy atom. The molecule has 1 N–H and O–H groups in total. The van der Waals surface area contributed by atoms with Crippen LogP contribution in [0.2, 0.25) is 0 Å². The molecule has 1 unspecified atom stereocenters. The maximum Gasteiger partial charge on any atom is 0.218 e. The second kappa shape index (κ2) is 5.77. The van der Waals surface area contributed by atoms with Crippen molar-refractivity contribution in [3.05, 3.63) is 28.5 Å². The van der Waals surface area contributed by atoms with Gasteiger partial charge in [-0.3, -0.25) is 0 Å². The highest BCUT2D eigenvalue weighted by Crippen LogP contribution is 2.22. The van der Waals surface area contributed by atoms with Gasteiger partial charge in [-0.05, 0) is 20.8 Å². The van der Waals surface area contributed by atoms with Crippen LogP contribution < -0.4 is 10.1 Å². The minimum absolute atomic E-state index is 0.119. The molecule has 2 aromatic rings. The van der Waals surface area contributed by atoms with Gasteiger partial charge < -0.3 is 10.1 Å². The van der Waals surface area contributed by atoms with Crippen LogP contribution in [0.15, 0.2) is 17.8 Å². The summed E-state index contributed by atoms with van der Waals surface area (Å²) in [4.78, 5) is 12.6. The lowest BCUT2D eigenvalue weighted by molar-refractivity contribution is 0.326. The molecule has 6 heteroatoms. The van der Waals surface area contributed by atoms with E-state index in [1.165, 1.54) is 6.33 Å². The number of rotatable bonds is 5. The summed E-state index contributed by atoms with van der Waals surface area (Å²) >= 11 is 1.64. The smallest absolute Gasteiger partial charge is 0.218 e. The molecule has 5 nitrogen and oxygen atoms in total. The van der Waals surface area contributed by atoms with E-state index in [0.717, 1.165) is 16.5 Å². The summed E-state index contributed by atoms with van der Waals surface area (Å²) in [7, 11) is 0. The first-order valence-electron chi connectivity index (χ1n) is 5.82. The lowest BCUT2D eigenvalue weighted by Gasteiger charge is -2.12. The van der Waals surface area contributed by atoms with Crippen molar-refractivity contribution in [2.75, 3.05) is 11.9 Å². The van der Waals surface area contributed by atoms with E-state index in [1.54, 1.807) is 17.4 Å². The average molecular weight is 264 g/mol. The third-order valence-corrected chi connectivity index (χ3v) is 3.45. The molecule has 0 aliphatic heterocycles. The van der Waals surface area contributed by atoms with Crippen LogP contribution in [0.5, 0.6) is 5.88 Å². The van der Waals surface area contributed by atoms with Crippen LogP contribution in [0.4, 0.5) is 5.82 Å². The second-order valence-corrected chi connectivity index (χ2v) is 4.76. The highest BCUT2D eigenvalue weighted by Gasteiger charge is 2.10. The summed E-state index contributed by atoms with van der Waals surface area (Å²) in [6.07, 6.45) is 1.49. The van der Waals surface area contributed by atoms with E-state index in [1.807, 2.05) is 19.2 Å². The predicted molar refractivity (Wildman–Crippen MR) is 72.1 cm³/mol. The summed E-state index contributed by atoms with van der Waals surface area (Å²) in [6, 6.07) is 1.91. The van der Waals surface area contributed by atoms with Crippen LogP contribution in [0.3, 0.4) is 0 Å². The SMILES string of the molecule is CCOc1cc(NC(C)c2nc(C)cs2)ncn1. The van der Waals surface area contributed by atoms with Crippen LogP contribution in [-0.2, 0) is 0 Å². The molecule has 2 aromatic heterocycles. The maximum absolute atomic E-state index is 5.33. The topological polar surface area (TPSA) is 59.9 Å². The molecular weight excluding hydrogens is 248 g/mol. The van der Waals surface area contributed by atoms with Gasteiger partial charge in [0, 0.05) is 17.1 Å². The zero-order chi connectivity index (χ0) is 13.0. The Morgan fingerprint density at radius 1 is 1.44 bits per heavy atom. The standard InChI is InChI=1S/C12H16N4OS/c1-4-17-11-5-10(13-7-14-11)16-9(3)12-15-8(2)6-18-12/h5-7,9H,4H2,1-3H3,(H,13,14,16). The quantitative estimate of drug-likeness (QED) is 0.899. The van der Waals surface area contributed by atoms with Crippen molar-refractivity contribution in [2.45, 2.75) is 26.8 Å². The van der Waals surface area contributed by atoms with E-state index in [4.69, 9.17) is 4.74 Å². The van der Waals surface area contributed by atoms with Crippen LogP contribution in [-0.4, -0.2) is 21.6 Å². The predicted octanol–water partition coefficient (Wildman–Crippen LogP) is 2.81. The van der Waals surface area contributed by atoms with Crippen molar-refractivity contribution >= 4 is 17.2 Å². The van der Waals surface area contributed by atoms with Gasteiger partial charge in [0.1, 0.15) is 17.2 Å². The molecule has 18 heavy (non-hydrogen) atoms. The van der Waals surface area contributed by atoms with Gasteiger partial charge in [-0.2, -0.15) is 0 Å². The monoisotopic (exact) mass is 264 g/mol. The summed E-state index contributed by atoms with van der Waals surface area (Å²) in [5.74, 6) is 1.33. The number of thiazole rings is 1. The molecule has 0 fully saturated rings. The molecule has 0 amide bonds. The van der Waals surface area contributed by atoms with E-state index in [2.05, 4.69) is 27.2 Å². The van der Waals surface area contributed by atoms with Gasteiger partial charge in [0.05, 0.1) is 12.6 Å². The lowest BCUT2D eigenvalue weighted by Crippen LogP contribution is -2.08. The molecule has 1 atom stereocenters. The number of nitrogens with zero attached hydrogens (tertiary/aromatic N) is 3. The Labute approximate surface area is 110 Å². The Hall–Kier alpha value is -1.69. The fraction of sp³-hybridized carbons (Fsp3) is 0.417. The number of hydrogen-bond donors (Lipinski definition) is 1. The van der Waals surface area contributed by atoms with Gasteiger partial charge >= 0.3 is 0 Å². The molecule has 96 valence electrons. The summed E-state index contributed by atoms with van der Waals surface area (Å²) in [6.45, 7) is 6.57. The number of anilines is 1. The fourth-order valence-electron chi connectivity index (χ4n) is 1.50. The minimum Gasteiger partial charge on any atom is -0.478 e. The summed E-state index contributed by atoms with van der Waals surface area (Å²) in [5.41, 5.74) is 1.04. The van der Waals surface area contributed by atoms with Crippen molar-refractivity contribution < 1.29 is 4.74 Å². The van der Waals surface area contributed by atoms with Gasteiger partial charge in [-0.1, -0.05) is 0 Å². The van der Waals surface area contributed by atoms with E-state index in [0.29, 0.717) is 12.5 Å². The molecule has 0 saturated carbocycles. The van der Waals surface area contributed by atoms with Crippen LogP contribution in [0, 0.1) is 6.92 Å². The van der Waals surface area contributed by atoms with Gasteiger partial charge in [0.15, 0.2) is 0 Å².